The van der Waals surface area contributed by atoms with Gasteiger partial charge in [-0.1, -0.05) is 13.3 Å². The third kappa shape index (κ3) is 1.64. The lowest BCUT2D eigenvalue weighted by molar-refractivity contribution is 0.176. The van der Waals surface area contributed by atoms with Gasteiger partial charge < -0.3 is 10.4 Å². The standard InChI is InChI=1S/C14H19N5O/c1-2-8-5-9(20)6-10(8)14-18-17-12-7-16-13-11(19(12)14)3-4-15-13/h3-4,7-11,13,15,20H,2,5-6H2,1H3/t8-,9-,10+,11?,13?/m1/s1. The molecule has 1 aliphatic carbocycles. The molecule has 2 N–H and O–H groups in total. The van der Waals surface area contributed by atoms with Crippen LogP contribution in [0.25, 0.3) is 0 Å². The summed E-state index contributed by atoms with van der Waals surface area (Å²) in [6.45, 7) is 2.18. The summed E-state index contributed by atoms with van der Waals surface area (Å²) in [4.78, 5) is 4.46. The van der Waals surface area contributed by atoms with E-state index in [0.717, 1.165) is 30.9 Å². The van der Waals surface area contributed by atoms with Gasteiger partial charge in [-0.25, -0.2) is 0 Å². The highest BCUT2D eigenvalue weighted by atomic mass is 16.3. The topological polar surface area (TPSA) is 75.3 Å². The zero-order chi connectivity index (χ0) is 13.7. The second-order valence-electron chi connectivity index (χ2n) is 5.93. The molecule has 2 aliphatic heterocycles. The lowest BCUT2D eigenvalue weighted by Crippen LogP contribution is -2.33. The van der Waals surface area contributed by atoms with Crippen LogP contribution in [0.3, 0.4) is 0 Å². The average Bonchev–Trinajstić information content (AvgIpc) is 3.13. The number of aliphatic imine (C=N–C) groups is 1. The van der Waals surface area contributed by atoms with Crippen LogP contribution >= 0.6 is 0 Å². The molecule has 0 aromatic carbocycles. The van der Waals surface area contributed by atoms with Gasteiger partial charge in [0.25, 0.3) is 0 Å². The molecular weight excluding hydrogens is 254 g/mol. The molecule has 1 aromatic heterocycles. The first-order chi connectivity index (χ1) is 9.78. The second kappa shape index (κ2) is 4.41. The highest BCUT2D eigenvalue weighted by Gasteiger charge is 2.39. The summed E-state index contributed by atoms with van der Waals surface area (Å²) in [6.07, 6.45) is 8.45. The Labute approximate surface area is 117 Å². The number of fused-ring (bicyclic) bond motifs is 3. The van der Waals surface area contributed by atoms with Crippen molar-refractivity contribution in [1.29, 1.82) is 0 Å². The molecule has 2 unspecified atom stereocenters. The first-order valence-electron chi connectivity index (χ1n) is 7.36. The molecule has 0 amide bonds. The maximum atomic E-state index is 9.98. The van der Waals surface area contributed by atoms with Crippen LogP contribution in [0.15, 0.2) is 17.3 Å². The highest BCUT2D eigenvalue weighted by Crippen LogP contribution is 2.42. The fourth-order valence-corrected chi connectivity index (χ4v) is 3.79. The van der Waals surface area contributed by atoms with Crippen LogP contribution in [-0.4, -0.2) is 38.4 Å². The summed E-state index contributed by atoms with van der Waals surface area (Å²) in [5.74, 6) is 2.63. The number of rotatable bonds is 2. The van der Waals surface area contributed by atoms with Gasteiger partial charge in [-0.05, 0) is 31.0 Å². The summed E-state index contributed by atoms with van der Waals surface area (Å²) < 4.78 is 2.19. The van der Waals surface area contributed by atoms with E-state index in [2.05, 4.69) is 38.1 Å². The summed E-state index contributed by atoms with van der Waals surface area (Å²) in [5.41, 5.74) is 0. The Morgan fingerprint density at radius 1 is 1.40 bits per heavy atom. The predicted octanol–water partition coefficient (Wildman–Crippen LogP) is 0.959. The van der Waals surface area contributed by atoms with E-state index in [1.807, 2.05) is 6.20 Å². The summed E-state index contributed by atoms with van der Waals surface area (Å²) >= 11 is 0. The van der Waals surface area contributed by atoms with Crippen molar-refractivity contribution in [3.63, 3.8) is 0 Å². The summed E-state index contributed by atoms with van der Waals surface area (Å²) in [5, 5.41) is 21.9. The predicted molar refractivity (Wildman–Crippen MR) is 74.5 cm³/mol. The molecule has 0 spiro atoms. The molecule has 5 atom stereocenters. The number of aromatic nitrogens is 3. The van der Waals surface area contributed by atoms with Crippen molar-refractivity contribution >= 4 is 6.21 Å². The van der Waals surface area contributed by atoms with Gasteiger partial charge in [-0.2, -0.15) is 0 Å². The van der Waals surface area contributed by atoms with Crippen molar-refractivity contribution in [1.82, 2.24) is 20.1 Å². The van der Waals surface area contributed by atoms with Gasteiger partial charge in [0.15, 0.2) is 5.82 Å². The van der Waals surface area contributed by atoms with Crippen molar-refractivity contribution in [2.45, 2.75) is 50.4 Å². The van der Waals surface area contributed by atoms with E-state index in [1.54, 1.807) is 6.21 Å². The number of aliphatic hydroxyl groups is 1. The Morgan fingerprint density at radius 3 is 3.15 bits per heavy atom. The van der Waals surface area contributed by atoms with Gasteiger partial charge in [0.2, 0.25) is 0 Å². The Kier molecular flexibility index (Phi) is 2.66. The molecule has 1 fully saturated rings. The van der Waals surface area contributed by atoms with Gasteiger partial charge >= 0.3 is 0 Å². The van der Waals surface area contributed by atoms with Crippen molar-refractivity contribution in [2.75, 3.05) is 0 Å². The highest BCUT2D eigenvalue weighted by molar-refractivity contribution is 5.76. The Hall–Kier alpha value is -1.69. The first kappa shape index (κ1) is 12.1. The SMILES string of the molecule is CC[C@@H]1C[C@@H](O)C[C@@H]1c1nnc2n1C1C=CNC1N=C2. The molecule has 6 heteroatoms. The Balaban J connectivity index is 1.76. The van der Waals surface area contributed by atoms with Crippen molar-refractivity contribution in [3.05, 3.63) is 23.9 Å². The Morgan fingerprint density at radius 2 is 2.30 bits per heavy atom. The number of hydrogen-bond acceptors (Lipinski definition) is 5. The van der Waals surface area contributed by atoms with E-state index in [1.165, 1.54) is 0 Å². The zero-order valence-corrected chi connectivity index (χ0v) is 11.5. The van der Waals surface area contributed by atoms with Crippen molar-refractivity contribution in [2.24, 2.45) is 10.9 Å². The monoisotopic (exact) mass is 273 g/mol. The summed E-state index contributed by atoms with van der Waals surface area (Å²) in [6, 6.07) is 0.162. The zero-order valence-electron chi connectivity index (χ0n) is 11.5. The van der Waals surface area contributed by atoms with Crippen LogP contribution < -0.4 is 5.32 Å². The lowest BCUT2D eigenvalue weighted by atomic mass is 9.92. The number of nitrogens with zero attached hydrogens (tertiary/aromatic N) is 4. The van der Waals surface area contributed by atoms with E-state index in [0.29, 0.717) is 11.8 Å². The van der Waals surface area contributed by atoms with Gasteiger partial charge in [-0.3, -0.25) is 9.56 Å². The van der Waals surface area contributed by atoms with Crippen LogP contribution in [0.4, 0.5) is 0 Å². The van der Waals surface area contributed by atoms with Gasteiger partial charge in [0, 0.05) is 5.92 Å². The molecule has 1 aromatic rings. The molecule has 20 heavy (non-hydrogen) atoms. The minimum atomic E-state index is -0.205. The second-order valence-corrected chi connectivity index (χ2v) is 5.93. The van der Waals surface area contributed by atoms with Crippen molar-refractivity contribution < 1.29 is 5.11 Å². The third-order valence-electron chi connectivity index (χ3n) is 4.81. The maximum absolute atomic E-state index is 9.98. The van der Waals surface area contributed by atoms with E-state index in [9.17, 15) is 5.11 Å². The molecular formula is C14H19N5O. The van der Waals surface area contributed by atoms with Crippen LogP contribution in [-0.2, 0) is 0 Å². The third-order valence-corrected chi connectivity index (χ3v) is 4.81. The molecule has 0 radical (unpaired) electrons. The Bertz CT molecular complexity index is 578. The van der Waals surface area contributed by atoms with E-state index < -0.39 is 0 Å². The quantitative estimate of drug-likeness (QED) is 0.841. The molecule has 0 bridgehead atoms. The maximum Gasteiger partial charge on any atom is 0.175 e. The molecule has 4 rings (SSSR count). The molecule has 1 saturated carbocycles. The number of hydrogen-bond donors (Lipinski definition) is 2. The fraction of sp³-hybridized carbons (Fsp3) is 0.643. The molecule has 6 nitrogen and oxygen atoms in total. The average molecular weight is 273 g/mol. The van der Waals surface area contributed by atoms with Gasteiger partial charge in [0.1, 0.15) is 12.0 Å². The van der Waals surface area contributed by atoms with Crippen LogP contribution in [0.5, 0.6) is 0 Å². The van der Waals surface area contributed by atoms with Crippen LogP contribution in [0.2, 0.25) is 0 Å². The first-order valence-corrected chi connectivity index (χ1v) is 7.36. The molecule has 3 aliphatic rings. The smallest absolute Gasteiger partial charge is 0.175 e. The lowest BCUT2D eigenvalue weighted by Gasteiger charge is -2.26. The summed E-state index contributed by atoms with van der Waals surface area (Å²) in [7, 11) is 0. The molecule has 0 saturated heterocycles. The van der Waals surface area contributed by atoms with Crippen LogP contribution in [0, 0.1) is 5.92 Å². The number of nitrogens with one attached hydrogen (secondary N) is 1. The largest absolute Gasteiger partial charge is 0.393 e. The van der Waals surface area contributed by atoms with Gasteiger partial charge in [-0.15, -0.1) is 10.2 Å². The fourth-order valence-electron chi connectivity index (χ4n) is 3.79. The van der Waals surface area contributed by atoms with E-state index in [4.69, 9.17) is 0 Å². The van der Waals surface area contributed by atoms with E-state index in [-0.39, 0.29) is 18.3 Å². The van der Waals surface area contributed by atoms with Gasteiger partial charge in [0.05, 0.1) is 18.4 Å². The molecule has 106 valence electrons. The van der Waals surface area contributed by atoms with Crippen LogP contribution in [0.1, 0.15) is 49.8 Å². The normalized spacial score (nSPS) is 37.8. The van der Waals surface area contributed by atoms with Crippen molar-refractivity contribution in [3.8, 4) is 0 Å². The minimum Gasteiger partial charge on any atom is -0.393 e. The minimum absolute atomic E-state index is 0.0589. The number of aliphatic hydroxyl groups excluding tert-OH is 1. The molecule has 3 heterocycles. The van der Waals surface area contributed by atoms with E-state index >= 15 is 0 Å².